The van der Waals surface area contributed by atoms with Crippen LogP contribution in [0.1, 0.15) is 39.7 Å². The number of nitrogens with zero attached hydrogens (tertiary/aromatic N) is 2. The summed E-state index contributed by atoms with van der Waals surface area (Å²) in [6, 6.07) is 2.34. The van der Waals surface area contributed by atoms with Gasteiger partial charge in [-0.3, -0.25) is 16.0 Å². The summed E-state index contributed by atoms with van der Waals surface area (Å²) in [5.74, 6) is 5.77. The number of nitrogens with one attached hydrogen (secondary N) is 1. The molecule has 0 aliphatic heterocycles. The molecule has 0 bridgehead atoms. The van der Waals surface area contributed by atoms with Crippen LogP contribution in [0.3, 0.4) is 0 Å². The van der Waals surface area contributed by atoms with Crippen LogP contribution in [0.25, 0.3) is 0 Å². The Kier molecular flexibility index (Phi) is 5.01. The number of hydrogen-bond acceptors (Lipinski definition) is 4. The molecule has 0 amide bonds. The summed E-state index contributed by atoms with van der Waals surface area (Å²) in [6.45, 7) is 9.27. The van der Waals surface area contributed by atoms with E-state index >= 15 is 0 Å². The molecule has 0 fully saturated rings. The molecule has 2 heterocycles. The molecule has 0 saturated heterocycles. The SMILES string of the molecule is CCn1nc(C)c(Br)c1CC(NN)c1cc(C)c(C)s1. The van der Waals surface area contributed by atoms with E-state index in [4.69, 9.17) is 5.84 Å². The topological polar surface area (TPSA) is 55.9 Å². The highest BCUT2D eigenvalue weighted by Crippen LogP contribution is 2.31. The van der Waals surface area contributed by atoms with Gasteiger partial charge in [0, 0.05) is 22.7 Å². The summed E-state index contributed by atoms with van der Waals surface area (Å²) in [7, 11) is 0. The Labute approximate surface area is 132 Å². The third kappa shape index (κ3) is 2.98. The lowest BCUT2D eigenvalue weighted by atomic mass is 10.1. The molecule has 2 rings (SSSR count). The van der Waals surface area contributed by atoms with Gasteiger partial charge in [0.1, 0.15) is 0 Å². The first-order chi connectivity index (χ1) is 9.47. The van der Waals surface area contributed by atoms with Crippen LogP contribution in [0.4, 0.5) is 0 Å². The van der Waals surface area contributed by atoms with Gasteiger partial charge in [0.15, 0.2) is 0 Å². The molecule has 110 valence electrons. The highest BCUT2D eigenvalue weighted by Gasteiger charge is 2.20. The fourth-order valence-electron chi connectivity index (χ4n) is 2.27. The Morgan fingerprint density at radius 1 is 1.45 bits per heavy atom. The number of thiophene rings is 1. The van der Waals surface area contributed by atoms with Crippen molar-refractivity contribution in [3.05, 3.63) is 37.2 Å². The molecule has 20 heavy (non-hydrogen) atoms. The van der Waals surface area contributed by atoms with Crippen molar-refractivity contribution < 1.29 is 0 Å². The molecule has 2 aromatic heterocycles. The van der Waals surface area contributed by atoms with Crippen molar-refractivity contribution in [1.82, 2.24) is 15.2 Å². The lowest BCUT2D eigenvalue weighted by molar-refractivity contribution is 0.522. The first-order valence-corrected chi connectivity index (χ1v) is 8.33. The summed E-state index contributed by atoms with van der Waals surface area (Å²) < 4.78 is 3.13. The Bertz CT molecular complexity index is 583. The van der Waals surface area contributed by atoms with Crippen molar-refractivity contribution >= 4 is 27.3 Å². The molecular weight excluding hydrogens is 336 g/mol. The van der Waals surface area contributed by atoms with E-state index in [2.05, 4.69) is 53.3 Å². The molecular formula is C14H21BrN4S. The predicted molar refractivity (Wildman–Crippen MR) is 87.9 cm³/mol. The smallest absolute Gasteiger partial charge is 0.0738 e. The van der Waals surface area contributed by atoms with Crippen molar-refractivity contribution in [2.45, 2.75) is 46.7 Å². The summed E-state index contributed by atoms with van der Waals surface area (Å²) in [4.78, 5) is 2.62. The second-order valence-corrected chi connectivity index (χ2v) is 7.05. The normalized spacial score (nSPS) is 12.9. The lowest BCUT2D eigenvalue weighted by Crippen LogP contribution is -2.29. The molecule has 1 atom stereocenters. The van der Waals surface area contributed by atoms with Gasteiger partial charge in [-0.1, -0.05) is 0 Å². The minimum absolute atomic E-state index is 0.116. The molecule has 0 radical (unpaired) electrons. The maximum Gasteiger partial charge on any atom is 0.0738 e. The quantitative estimate of drug-likeness (QED) is 0.637. The van der Waals surface area contributed by atoms with Crippen molar-refractivity contribution in [3.63, 3.8) is 0 Å². The van der Waals surface area contributed by atoms with E-state index < -0.39 is 0 Å². The molecule has 0 saturated carbocycles. The third-order valence-corrected chi connectivity index (χ3v) is 5.88. The Morgan fingerprint density at radius 2 is 2.15 bits per heavy atom. The summed E-state index contributed by atoms with van der Waals surface area (Å²) in [5.41, 5.74) is 6.48. The van der Waals surface area contributed by atoms with Gasteiger partial charge in [-0.2, -0.15) is 5.10 Å². The van der Waals surface area contributed by atoms with Crippen LogP contribution in [0, 0.1) is 20.8 Å². The first kappa shape index (κ1) is 15.7. The first-order valence-electron chi connectivity index (χ1n) is 6.72. The number of rotatable bonds is 5. The van der Waals surface area contributed by atoms with Gasteiger partial charge in [0.25, 0.3) is 0 Å². The summed E-state index contributed by atoms with van der Waals surface area (Å²) >= 11 is 5.45. The molecule has 0 aromatic carbocycles. The van der Waals surface area contributed by atoms with Crippen LogP contribution >= 0.6 is 27.3 Å². The molecule has 2 aromatic rings. The number of nitrogens with two attached hydrogens (primary N) is 1. The van der Waals surface area contributed by atoms with Gasteiger partial charge in [-0.25, -0.2) is 0 Å². The van der Waals surface area contributed by atoms with Crippen molar-refractivity contribution in [2.24, 2.45) is 5.84 Å². The fraction of sp³-hybridized carbons (Fsp3) is 0.500. The number of hydrazine groups is 1. The second-order valence-electron chi connectivity index (χ2n) is 4.97. The molecule has 4 nitrogen and oxygen atoms in total. The van der Waals surface area contributed by atoms with E-state index in [1.54, 1.807) is 11.3 Å². The van der Waals surface area contributed by atoms with Gasteiger partial charge < -0.3 is 0 Å². The molecule has 0 spiro atoms. The van der Waals surface area contributed by atoms with Gasteiger partial charge >= 0.3 is 0 Å². The van der Waals surface area contributed by atoms with Crippen LogP contribution < -0.4 is 11.3 Å². The zero-order valence-electron chi connectivity index (χ0n) is 12.3. The average molecular weight is 357 g/mol. The average Bonchev–Trinajstić information content (AvgIpc) is 2.89. The van der Waals surface area contributed by atoms with Crippen molar-refractivity contribution in [1.29, 1.82) is 0 Å². The highest BCUT2D eigenvalue weighted by molar-refractivity contribution is 9.10. The highest BCUT2D eigenvalue weighted by atomic mass is 79.9. The number of halogens is 1. The van der Waals surface area contributed by atoms with E-state index in [1.165, 1.54) is 21.0 Å². The zero-order valence-corrected chi connectivity index (χ0v) is 14.7. The Balaban J connectivity index is 2.31. The minimum atomic E-state index is 0.116. The van der Waals surface area contributed by atoms with E-state index in [0.29, 0.717) is 0 Å². The molecule has 1 unspecified atom stereocenters. The Hall–Kier alpha value is -0.690. The molecule has 0 aliphatic carbocycles. The fourth-order valence-corrected chi connectivity index (χ4v) is 3.82. The third-order valence-electron chi connectivity index (χ3n) is 3.58. The molecule has 3 N–H and O–H groups in total. The van der Waals surface area contributed by atoms with Crippen LogP contribution in [-0.2, 0) is 13.0 Å². The van der Waals surface area contributed by atoms with Crippen LogP contribution in [0.15, 0.2) is 10.5 Å². The lowest BCUT2D eigenvalue weighted by Gasteiger charge is -2.15. The van der Waals surface area contributed by atoms with Crippen molar-refractivity contribution in [3.8, 4) is 0 Å². The maximum atomic E-state index is 5.77. The zero-order chi connectivity index (χ0) is 14.9. The summed E-state index contributed by atoms with van der Waals surface area (Å²) in [6.07, 6.45) is 0.825. The van der Waals surface area contributed by atoms with Gasteiger partial charge in [0.2, 0.25) is 0 Å². The summed E-state index contributed by atoms with van der Waals surface area (Å²) in [5, 5.41) is 4.54. The number of aryl methyl sites for hydroxylation is 4. The van der Waals surface area contributed by atoms with Crippen molar-refractivity contribution in [2.75, 3.05) is 0 Å². The standard InChI is InChI=1S/C14H21BrN4S/c1-5-19-12(14(15)9(3)18-19)7-11(17-16)13-6-8(2)10(4)20-13/h6,11,17H,5,7,16H2,1-4H3. The largest absolute Gasteiger partial charge is 0.271 e. The monoisotopic (exact) mass is 356 g/mol. The van der Waals surface area contributed by atoms with Gasteiger partial charge in [-0.05, 0) is 55.3 Å². The van der Waals surface area contributed by atoms with Crippen LogP contribution in [-0.4, -0.2) is 9.78 Å². The number of aromatic nitrogens is 2. The van der Waals surface area contributed by atoms with E-state index in [9.17, 15) is 0 Å². The van der Waals surface area contributed by atoms with Gasteiger partial charge in [0.05, 0.1) is 21.9 Å². The van der Waals surface area contributed by atoms with Gasteiger partial charge in [-0.15, -0.1) is 11.3 Å². The van der Waals surface area contributed by atoms with Crippen LogP contribution in [0.5, 0.6) is 0 Å². The minimum Gasteiger partial charge on any atom is -0.271 e. The number of hydrogen-bond donors (Lipinski definition) is 2. The molecule has 6 heteroatoms. The van der Waals surface area contributed by atoms with Crippen LogP contribution in [0.2, 0.25) is 0 Å². The predicted octanol–water partition coefficient (Wildman–Crippen LogP) is 3.40. The van der Waals surface area contributed by atoms with E-state index in [0.717, 1.165) is 23.1 Å². The maximum absolute atomic E-state index is 5.77. The Morgan fingerprint density at radius 3 is 2.65 bits per heavy atom. The second kappa shape index (κ2) is 6.39. The van der Waals surface area contributed by atoms with E-state index in [1.807, 2.05) is 11.6 Å². The molecule has 0 aliphatic rings. The van der Waals surface area contributed by atoms with E-state index in [-0.39, 0.29) is 6.04 Å².